The molecule has 1 aromatic carbocycles. The summed E-state index contributed by atoms with van der Waals surface area (Å²) in [5, 5.41) is 0. The van der Waals surface area contributed by atoms with Gasteiger partial charge in [-0.2, -0.15) is 0 Å². The molecule has 0 N–H and O–H groups in total. The molecule has 1 saturated heterocycles. The maximum atomic E-state index is 12.6. The molecule has 152 valence electrons. The Labute approximate surface area is 171 Å². The zero-order chi connectivity index (χ0) is 20.1. The molecule has 1 aliphatic carbocycles. The molecule has 5 heteroatoms. The lowest BCUT2D eigenvalue weighted by Gasteiger charge is -2.23. The lowest BCUT2D eigenvalue weighted by molar-refractivity contribution is -0.101. The van der Waals surface area contributed by atoms with Gasteiger partial charge in [-0.25, -0.2) is 0 Å². The van der Waals surface area contributed by atoms with Gasteiger partial charge in [-0.1, -0.05) is 24.0 Å². The predicted molar refractivity (Wildman–Crippen MR) is 111 cm³/mol. The molecule has 1 aromatic heterocycles. The molecule has 1 unspecified atom stereocenters. The van der Waals surface area contributed by atoms with Crippen LogP contribution in [0.15, 0.2) is 41.2 Å². The summed E-state index contributed by atoms with van der Waals surface area (Å²) in [5.41, 5.74) is 3.10. The van der Waals surface area contributed by atoms with Crippen LogP contribution in [0.1, 0.15) is 29.7 Å². The minimum Gasteiger partial charge on any atom is -0.491 e. The summed E-state index contributed by atoms with van der Waals surface area (Å²) in [4.78, 5) is 12.6. The molecule has 2 aromatic rings. The smallest absolute Gasteiger partial charge is 0.254 e. The first-order chi connectivity index (χ1) is 14.2. The molecule has 4 rings (SSSR count). The fraction of sp³-hybridized carbons (Fsp3) is 0.458. The van der Waals surface area contributed by atoms with Crippen LogP contribution in [0.4, 0.5) is 0 Å². The fourth-order valence-corrected chi connectivity index (χ4v) is 3.30. The predicted octanol–water partition coefficient (Wildman–Crippen LogP) is 2.96. The lowest BCUT2D eigenvalue weighted by Crippen LogP contribution is -2.33. The Morgan fingerprint density at radius 3 is 2.69 bits per heavy atom. The van der Waals surface area contributed by atoms with E-state index in [4.69, 9.17) is 14.2 Å². The second kappa shape index (κ2) is 9.30. The monoisotopic (exact) mass is 393 g/mol. The maximum absolute atomic E-state index is 12.6. The SMILES string of the molecule is Cc1cc(OCC2COCCO2)cc(=O)n1CCc1ccc(C#CC2CC2)cc1. The van der Waals surface area contributed by atoms with E-state index in [0.717, 1.165) is 17.7 Å². The number of hydrogen-bond acceptors (Lipinski definition) is 4. The third-order valence-corrected chi connectivity index (χ3v) is 5.21. The summed E-state index contributed by atoms with van der Waals surface area (Å²) >= 11 is 0. The van der Waals surface area contributed by atoms with E-state index >= 15 is 0 Å². The summed E-state index contributed by atoms with van der Waals surface area (Å²) in [6.07, 6.45) is 3.20. The van der Waals surface area contributed by atoms with Gasteiger partial charge < -0.3 is 18.8 Å². The van der Waals surface area contributed by atoms with E-state index < -0.39 is 0 Å². The molecule has 2 heterocycles. The van der Waals surface area contributed by atoms with Crippen molar-refractivity contribution < 1.29 is 14.2 Å². The Morgan fingerprint density at radius 1 is 1.17 bits per heavy atom. The third-order valence-electron chi connectivity index (χ3n) is 5.21. The van der Waals surface area contributed by atoms with E-state index in [1.54, 1.807) is 10.6 Å². The Hall–Kier alpha value is -2.55. The second-order valence-corrected chi connectivity index (χ2v) is 7.69. The van der Waals surface area contributed by atoms with Crippen molar-refractivity contribution in [2.75, 3.05) is 26.4 Å². The van der Waals surface area contributed by atoms with E-state index in [-0.39, 0.29) is 11.7 Å². The molecule has 1 saturated carbocycles. The average molecular weight is 393 g/mol. The zero-order valence-electron chi connectivity index (χ0n) is 16.9. The molecular weight excluding hydrogens is 366 g/mol. The fourth-order valence-electron chi connectivity index (χ4n) is 3.30. The highest BCUT2D eigenvalue weighted by atomic mass is 16.6. The van der Waals surface area contributed by atoms with Gasteiger partial charge in [0.2, 0.25) is 0 Å². The molecular formula is C24H27NO4. The second-order valence-electron chi connectivity index (χ2n) is 7.69. The zero-order valence-corrected chi connectivity index (χ0v) is 16.9. The van der Waals surface area contributed by atoms with E-state index in [1.807, 2.05) is 13.0 Å². The van der Waals surface area contributed by atoms with Gasteiger partial charge in [0, 0.05) is 29.8 Å². The van der Waals surface area contributed by atoms with Gasteiger partial charge in [0.25, 0.3) is 5.56 Å². The van der Waals surface area contributed by atoms with Crippen molar-refractivity contribution in [3.8, 4) is 17.6 Å². The minimum absolute atomic E-state index is 0.0484. The molecule has 0 bridgehead atoms. The van der Waals surface area contributed by atoms with Crippen LogP contribution in [-0.4, -0.2) is 37.1 Å². The van der Waals surface area contributed by atoms with Gasteiger partial charge in [0.05, 0.1) is 19.8 Å². The molecule has 2 fully saturated rings. The summed E-state index contributed by atoms with van der Waals surface area (Å²) in [6.45, 7) is 4.70. The quantitative estimate of drug-likeness (QED) is 0.708. The van der Waals surface area contributed by atoms with Gasteiger partial charge in [-0.05, 0) is 49.9 Å². The molecule has 1 atom stereocenters. The molecule has 0 spiro atoms. The van der Waals surface area contributed by atoms with Crippen molar-refractivity contribution in [1.82, 2.24) is 4.57 Å². The van der Waals surface area contributed by atoms with Gasteiger partial charge in [-0.3, -0.25) is 4.79 Å². The number of ether oxygens (including phenoxy) is 3. The van der Waals surface area contributed by atoms with Crippen molar-refractivity contribution in [1.29, 1.82) is 0 Å². The molecule has 0 radical (unpaired) electrons. The molecule has 1 aliphatic heterocycles. The van der Waals surface area contributed by atoms with Gasteiger partial charge in [0.15, 0.2) is 0 Å². The van der Waals surface area contributed by atoms with Gasteiger partial charge in [0.1, 0.15) is 18.5 Å². The molecule has 0 amide bonds. The van der Waals surface area contributed by atoms with Crippen LogP contribution in [0.2, 0.25) is 0 Å². The Balaban J connectivity index is 1.33. The largest absolute Gasteiger partial charge is 0.491 e. The average Bonchev–Trinajstić information content (AvgIpc) is 3.56. The first-order valence-corrected chi connectivity index (χ1v) is 10.3. The van der Waals surface area contributed by atoms with Crippen LogP contribution in [-0.2, 0) is 22.4 Å². The van der Waals surface area contributed by atoms with Gasteiger partial charge >= 0.3 is 0 Å². The number of hydrogen-bond donors (Lipinski definition) is 0. The number of aromatic nitrogens is 1. The number of benzene rings is 1. The minimum atomic E-state index is -0.0802. The van der Waals surface area contributed by atoms with Gasteiger partial charge in [-0.15, -0.1) is 0 Å². The van der Waals surface area contributed by atoms with Crippen LogP contribution in [0.25, 0.3) is 0 Å². The Bertz CT molecular complexity index is 942. The summed E-state index contributed by atoms with van der Waals surface area (Å²) in [6, 6.07) is 11.8. The van der Waals surface area contributed by atoms with Crippen molar-refractivity contribution in [3.05, 3.63) is 63.6 Å². The van der Waals surface area contributed by atoms with Crippen molar-refractivity contribution in [2.24, 2.45) is 5.92 Å². The number of pyridine rings is 1. The molecule has 5 nitrogen and oxygen atoms in total. The number of rotatable bonds is 6. The van der Waals surface area contributed by atoms with Crippen molar-refractivity contribution in [3.63, 3.8) is 0 Å². The van der Waals surface area contributed by atoms with Crippen LogP contribution in [0.3, 0.4) is 0 Å². The van der Waals surface area contributed by atoms with Crippen LogP contribution < -0.4 is 10.3 Å². The van der Waals surface area contributed by atoms with Crippen molar-refractivity contribution >= 4 is 0 Å². The highest BCUT2D eigenvalue weighted by molar-refractivity contribution is 5.37. The first kappa shape index (κ1) is 19.8. The van der Waals surface area contributed by atoms with Crippen LogP contribution in [0, 0.1) is 24.7 Å². The lowest BCUT2D eigenvalue weighted by atomic mass is 10.1. The van der Waals surface area contributed by atoms with Crippen LogP contribution >= 0.6 is 0 Å². The van der Waals surface area contributed by atoms with Crippen molar-refractivity contribution in [2.45, 2.75) is 38.8 Å². The van der Waals surface area contributed by atoms with E-state index in [9.17, 15) is 4.79 Å². The normalized spacial score (nSPS) is 18.7. The Kier molecular flexibility index (Phi) is 6.33. The Morgan fingerprint density at radius 2 is 2.00 bits per heavy atom. The summed E-state index contributed by atoms with van der Waals surface area (Å²) < 4.78 is 18.5. The summed E-state index contributed by atoms with van der Waals surface area (Å²) in [5.74, 6) is 7.70. The molecule has 2 aliphatic rings. The molecule has 29 heavy (non-hydrogen) atoms. The highest BCUT2D eigenvalue weighted by Gasteiger charge is 2.17. The topological polar surface area (TPSA) is 49.7 Å². The van der Waals surface area contributed by atoms with E-state index in [0.29, 0.717) is 44.6 Å². The van der Waals surface area contributed by atoms with E-state index in [2.05, 4.69) is 36.1 Å². The maximum Gasteiger partial charge on any atom is 0.254 e. The standard InChI is InChI=1S/C24H27NO4/c1-18-14-22(29-17-23-16-27-12-13-28-23)15-24(26)25(18)11-10-21-8-6-20(7-9-21)5-4-19-2-3-19/h6-9,14-15,19,23H,2-3,10-13,16-17H2,1H3. The van der Waals surface area contributed by atoms with E-state index in [1.165, 1.54) is 18.4 Å². The third kappa shape index (κ3) is 5.72. The number of nitrogens with zero attached hydrogens (tertiary/aromatic N) is 1. The highest BCUT2D eigenvalue weighted by Crippen LogP contribution is 2.27. The first-order valence-electron chi connectivity index (χ1n) is 10.3. The number of aryl methyl sites for hydroxylation is 2. The van der Waals surface area contributed by atoms with Crippen LogP contribution in [0.5, 0.6) is 5.75 Å². The summed E-state index contributed by atoms with van der Waals surface area (Å²) in [7, 11) is 0.